The topological polar surface area (TPSA) is 73.1 Å². The summed E-state index contributed by atoms with van der Waals surface area (Å²) < 4.78 is 15.9. The summed E-state index contributed by atoms with van der Waals surface area (Å²) in [4.78, 5) is 39.6. The fraction of sp³-hybridized carbons (Fsp3) is 0.129. The van der Waals surface area contributed by atoms with Gasteiger partial charge in [0.1, 0.15) is 5.82 Å². The zero-order valence-corrected chi connectivity index (χ0v) is 21.1. The first-order chi connectivity index (χ1) is 18.3. The van der Waals surface area contributed by atoms with Crippen LogP contribution in [-0.4, -0.2) is 15.0 Å². The summed E-state index contributed by atoms with van der Waals surface area (Å²) in [5, 5.41) is 3.17. The van der Waals surface area contributed by atoms with Crippen LogP contribution in [0.5, 0.6) is 0 Å². The number of aromatic nitrogens is 2. The van der Waals surface area contributed by atoms with Gasteiger partial charge in [0.25, 0.3) is 5.56 Å². The number of amides is 1. The van der Waals surface area contributed by atoms with Crippen molar-refractivity contribution in [3.05, 3.63) is 140 Å². The lowest BCUT2D eigenvalue weighted by molar-refractivity contribution is -0.115. The lowest BCUT2D eigenvalue weighted by Gasteiger charge is -2.16. The number of halogens is 1. The van der Waals surface area contributed by atoms with Gasteiger partial charge in [-0.3, -0.25) is 14.2 Å². The van der Waals surface area contributed by atoms with Crippen LogP contribution in [0.15, 0.2) is 101 Å². The number of hydrogen-bond donors (Lipinski definition) is 1. The third-order valence-corrected chi connectivity index (χ3v) is 6.57. The molecule has 0 aliphatic heterocycles. The molecule has 4 aromatic carbocycles. The number of fused-ring (bicyclic) bond motifs is 1. The first-order valence-electron chi connectivity index (χ1n) is 12.3. The molecule has 0 aliphatic rings. The van der Waals surface area contributed by atoms with Gasteiger partial charge in [-0.15, -0.1) is 0 Å². The average molecular weight is 508 g/mol. The van der Waals surface area contributed by atoms with Gasteiger partial charge in [0.05, 0.1) is 29.6 Å². The largest absolute Gasteiger partial charge is 0.336 e. The van der Waals surface area contributed by atoms with Crippen LogP contribution in [0.1, 0.15) is 22.3 Å². The number of anilines is 1. The molecule has 0 bridgehead atoms. The molecule has 1 amide bonds. The van der Waals surface area contributed by atoms with Crippen LogP contribution in [0, 0.1) is 19.7 Å². The summed E-state index contributed by atoms with van der Waals surface area (Å²) in [6, 6.07) is 25.5. The number of nitrogens with zero attached hydrogens (tertiary/aromatic N) is 2. The number of carbonyl (C=O) groups is 1. The summed E-state index contributed by atoms with van der Waals surface area (Å²) in [6.45, 7) is 4.34. The fourth-order valence-corrected chi connectivity index (χ4v) is 4.53. The molecule has 0 saturated carbocycles. The Morgan fingerprint density at radius 3 is 2.32 bits per heavy atom. The summed E-state index contributed by atoms with van der Waals surface area (Å²) in [5.41, 5.74) is 4.53. The van der Waals surface area contributed by atoms with Gasteiger partial charge in [0, 0.05) is 5.69 Å². The molecule has 5 rings (SSSR count). The van der Waals surface area contributed by atoms with Gasteiger partial charge in [-0.2, -0.15) is 0 Å². The number of hydrogen-bond acceptors (Lipinski definition) is 3. The Kier molecular flexibility index (Phi) is 6.75. The molecule has 1 aromatic heterocycles. The highest BCUT2D eigenvalue weighted by Gasteiger charge is 2.16. The number of nitrogens with one attached hydrogen (secondary N) is 1. The molecule has 38 heavy (non-hydrogen) atoms. The Hall–Kier alpha value is -4.78. The second-order valence-corrected chi connectivity index (χ2v) is 9.35. The minimum absolute atomic E-state index is 0.0845. The molecular formula is C31H26FN3O3. The fourth-order valence-electron chi connectivity index (χ4n) is 4.53. The van der Waals surface area contributed by atoms with Gasteiger partial charge in [-0.05, 0) is 79.1 Å². The van der Waals surface area contributed by atoms with E-state index in [0.717, 1.165) is 16.7 Å². The number of para-hydroxylation sites is 1. The molecule has 190 valence electrons. The maximum atomic E-state index is 13.7. The molecule has 1 N–H and O–H groups in total. The molecule has 0 fully saturated rings. The van der Waals surface area contributed by atoms with Crippen molar-refractivity contribution in [3.8, 4) is 5.69 Å². The van der Waals surface area contributed by atoms with Crippen LogP contribution >= 0.6 is 0 Å². The molecule has 6 nitrogen and oxygen atoms in total. The Morgan fingerprint density at radius 2 is 1.58 bits per heavy atom. The van der Waals surface area contributed by atoms with Gasteiger partial charge in [-0.1, -0.05) is 48.0 Å². The van der Waals surface area contributed by atoms with Crippen LogP contribution in [0.4, 0.5) is 10.1 Å². The Morgan fingerprint density at radius 1 is 0.868 bits per heavy atom. The van der Waals surface area contributed by atoms with E-state index in [9.17, 15) is 18.8 Å². The number of rotatable bonds is 6. The van der Waals surface area contributed by atoms with Crippen molar-refractivity contribution in [3.63, 3.8) is 0 Å². The van der Waals surface area contributed by atoms with Crippen LogP contribution in [0.3, 0.4) is 0 Å². The van der Waals surface area contributed by atoms with Gasteiger partial charge in [0.15, 0.2) is 0 Å². The Labute approximate surface area is 218 Å². The number of aryl methyl sites for hydroxylation is 2. The molecule has 0 atom stereocenters. The van der Waals surface area contributed by atoms with Crippen molar-refractivity contribution in [2.45, 2.75) is 26.8 Å². The van der Waals surface area contributed by atoms with E-state index < -0.39 is 11.2 Å². The lowest BCUT2D eigenvalue weighted by Crippen LogP contribution is -2.39. The molecule has 0 radical (unpaired) electrons. The highest BCUT2D eigenvalue weighted by atomic mass is 19.1. The average Bonchev–Trinajstić information content (AvgIpc) is 2.91. The summed E-state index contributed by atoms with van der Waals surface area (Å²) in [5.74, 6) is -0.640. The van der Waals surface area contributed by atoms with Crippen LogP contribution in [-0.2, 0) is 17.8 Å². The van der Waals surface area contributed by atoms with E-state index in [1.807, 2.05) is 32.0 Å². The van der Waals surface area contributed by atoms with Crippen molar-refractivity contribution >= 4 is 22.5 Å². The van der Waals surface area contributed by atoms with Crippen LogP contribution in [0.25, 0.3) is 16.6 Å². The van der Waals surface area contributed by atoms with Crippen LogP contribution < -0.4 is 16.6 Å². The molecule has 0 saturated heterocycles. The first-order valence-corrected chi connectivity index (χ1v) is 12.3. The predicted octanol–water partition coefficient (Wildman–Crippen LogP) is 5.14. The molecule has 1 heterocycles. The zero-order chi connectivity index (χ0) is 26.8. The molecular weight excluding hydrogens is 481 g/mol. The molecule has 0 spiro atoms. The molecule has 5 aromatic rings. The summed E-state index contributed by atoms with van der Waals surface area (Å²) >= 11 is 0. The second-order valence-electron chi connectivity index (χ2n) is 9.35. The third-order valence-electron chi connectivity index (χ3n) is 6.57. The van der Waals surface area contributed by atoms with Crippen LogP contribution in [0.2, 0.25) is 0 Å². The third kappa shape index (κ3) is 5.04. The Bertz CT molecular complexity index is 1770. The van der Waals surface area contributed by atoms with E-state index >= 15 is 0 Å². The zero-order valence-electron chi connectivity index (χ0n) is 21.1. The Balaban J connectivity index is 1.49. The first kappa shape index (κ1) is 24.9. The smallest absolute Gasteiger partial charge is 0.326 e. The van der Waals surface area contributed by atoms with Gasteiger partial charge in [0.2, 0.25) is 5.91 Å². The maximum absolute atomic E-state index is 13.7. The predicted molar refractivity (Wildman–Crippen MR) is 148 cm³/mol. The van der Waals surface area contributed by atoms with Crippen molar-refractivity contribution in [1.29, 1.82) is 0 Å². The second kappa shape index (κ2) is 10.3. The maximum Gasteiger partial charge on any atom is 0.336 e. The van der Waals surface area contributed by atoms with Gasteiger partial charge in [-0.25, -0.2) is 13.8 Å². The summed E-state index contributed by atoms with van der Waals surface area (Å²) in [6.07, 6.45) is 0.0845. The lowest BCUT2D eigenvalue weighted by atomic mass is 10.1. The summed E-state index contributed by atoms with van der Waals surface area (Å²) in [7, 11) is 0. The van der Waals surface area contributed by atoms with E-state index in [1.54, 1.807) is 47.0 Å². The minimum Gasteiger partial charge on any atom is -0.326 e. The highest BCUT2D eigenvalue weighted by molar-refractivity contribution is 5.92. The number of benzene rings is 4. The van der Waals surface area contributed by atoms with E-state index in [0.29, 0.717) is 34.4 Å². The highest BCUT2D eigenvalue weighted by Crippen LogP contribution is 2.17. The van der Waals surface area contributed by atoms with Gasteiger partial charge >= 0.3 is 5.69 Å². The van der Waals surface area contributed by atoms with Crippen molar-refractivity contribution in [2.24, 2.45) is 0 Å². The monoisotopic (exact) mass is 507 g/mol. The van der Waals surface area contributed by atoms with Crippen molar-refractivity contribution in [1.82, 2.24) is 9.13 Å². The number of carbonyl (C=O) groups excluding carboxylic acids is 1. The standard InChI is InChI=1S/C31H26FN3O3/c1-20-7-8-21(2)23(17-20)19-34-28-6-4-3-5-27(28)30(37)35(31(34)38)26-15-9-22(10-16-26)18-29(36)33-25-13-11-24(32)12-14-25/h3-17H,18-19H2,1-2H3,(H,33,36). The van der Waals surface area contributed by atoms with Crippen molar-refractivity contribution in [2.75, 3.05) is 5.32 Å². The molecule has 7 heteroatoms. The van der Waals surface area contributed by atoms with E-state index in [2.05, 4.69) is 11.4 Å². The van der Waals surface area contributed by atoms with Crippen molar-refractivity contribution < 1.29 is 9.18 Å². The quantitative estimate of drug-likeness (QED) is 0.346. The van der Waals surface area contributed by atoms with E-state index in [-0.39, 0.29) is 18.1 Å². The van der Waals surface area contributed by atoms with Gasteiger partial charge < -0.3 is 5.32 Å². The van der Waals surface area contributed by atoms with E-state index in [4.69, 9.17) is 0 Å². The SMILES string of the molecule is Cc1ccc(C)c(Cn2c(=O)n(-c3ccc(CC(=O)Nc4ccc(F)cc4)cc3)c(=O)c3ccccc32)c1. The normalized spacial score (nSPS) is 11.0. The van der Waals surface area contributed by atoms with E-state index in [1.165, 1.54) is 28.8 Å². The molecule has 0 unspecified atom stereocenters. The molecule has 0 aliphatic carbocycles. The minimum atomic E-state index is -0.434.